The number of methoxy groups -OCH3 is 2. The molecule has 1 aliphatic heterocycles. The molecule has 0 fully saturated rings. The number of rotatable bonds is 4. The number of nitrogens with one attached hydrogen (secondary N) is 1. The second-order valence-corrected chi connectivity index (χ2v) is 8.09. The minimum Gasteiger partial charge on any atom is -0.493 e. The van der Waals surface area contributed by atoms with E-state index in [2.05, 4.69) is 5.32 Å². The van der Waals surface area contributed by atoms with Crippen molar-refractivity contribution in [2.45, 2.75) is 12.2 Å². The summed E-state index contributed by atoms with van der Waals surface area (Å²) in [5, 5.41) is 8.24. The lowest BCUT2D eigenvalue weighted by Crippen LogP contribution is -2.15. The summed E-state index contributed by atoms with van der Waals surface area (Å²) in [5.41, 5.74) is 3.54. The van der Waals surface area contributed by atoms with Crippen molar-refractivity contribution in [3.05, 3.63) is 64.3 Å². The molecule has 6 nitrogen and oxygen atoms in total. The molecule has 3 aromatic rings. The third-order valence-corrected chi connectivity index (χ3v) is 6.30. The molecule has 0 bridgehead atoms. The van der Waals surface area contributed by atoms with Gasteiger partial charge < -0.3 is 14.8 Å². The maximum absolute atomic E-state index is 12.5. The number of hydrogen-bond donors (Lipinski definition) is 1. The molecule has 0 spiro atoms. The number of anilines is 1. The van der Waals surface area contributed by atoms with Gasteiger partial charge in [0.05, 0.1) is 36.6 Å². The van der Waals surface area contributed by atoms with Crippen LogP contribution >= 0.6 is 23.4 Å². The van der Waals surface area contributed by atoms with Gasteiger partial charge in [0, 0.05) is 16.1 Å². The van der Waals surface area contributed by atoms with Gasteiger partial charge in [-0.25, -0.2) is 4.68 Å². The van der Waals surface area contributed by atoms with E-state index in [9.17, 15) is 4.79 Å². The molecule has 1 aromatic heterocycles. The molecule has 2 aromatic carbocycles. The number of para-hydroxylation sites is 1. The quantitative estimate of drug-likeness (QED) is 0.655. The van der Waals surface area contributed by atoms with Crippen LogP contribution in [0.2, 0.25) is 5.02 Å². The Morgan fingerprint density at radius 3 is 2.62 bits per heavy atom. The Morgan fingerprint density at radius 1 is 1.17 bits per heavy atom. The molecule has 29 heavy (non-hydrogen) atoms. The van der Waals surface area contributed by atoms with Gasteiger partial charge in [-0.05, 0) is 37.3 Å². The largest absolute Gasteiger partial charge is 0.493 e. The number of benzene rings is 2. The van der Waals surface area contributed by atoms with Crippen LogP contribution in [0.1, 0.15) is 22.1 Å². The van der Waals surface area contributed by atoms with Crippen LogP contribution in [0.15, 0.2) is 42.5 Å². The summed E-state index contributed by atoms with van der Waals surface area (Å²) in [6, 6.07) is 13.1. The lowest BCUT2D eigenvalue weighted by Gasteiger charge is -2.20. The van der Waals surface area contributed by atoms with E-state index < -0.39 is 0 Å². The maximum Gasteiger partial charge on any atom is 0.235 e. The summed E-state index contributed by atoms with van der Waals surface area (Å²) < 4.78 is 12.9. The highest BCUT2D eigenvalue weighted by atomic mass is 35.5. The first kappa shape index (κ1) is 19.7. The molecule has 0 saturated carbocycles. The number of carbonyl (C=O) groups is 1. The molecular formula is C21H20ClN3O3S. The molecule has 1 N–H and O–H groups in total. The molecule has 4 rings (SSSR count). The first-order chi connectivity index (χ1) is 14.0. The second-order valence-electron chi connectivity index (χ2n) is 6.56. The Labute approximate surface area is 178 Å². The number of amides is 1. The Kier molecular flexibility index (Phi) is 5.43. The van der Waals surface area contributed by atoms with Crippen molar-refractivity contribution in [2.75, 3.05) is 25.3 Å². The van der Waals surface area contributed by atoms with Gasteiger partial charge in [0.1, 0.15) is 5.82 Å². The molecule has 1 amide bonds. The first-order valence-corrected chi connectivity index (χ1v) is 10.4. The minimum atomic E-state index is -0.143. The number of fused-ring (bicyclic) bond motifs is 1. The van der Waals surface area contributed by atoms with Crippen molar-refractivity contribution >= 4 is 35.1 Å². The fourth-order valence-electron chi connectivity index (χ4n) is 3.52. The first-order valence-electron chi connectivity index (χ1n) is 9.01. The molecule has 1 unspecified atom stereocenters. The minimum absolute atomic E-state index is 0.0734. The zero-order chi connectivity index (χ0) is 20.5. The van der Waals surface area contributed by atoms with Gasteiger partial charge >= 0.3 is 0 Å². The zero-order valence-corrected chi connectivity index (χ0v) is 17.8. The summed E-state index contributed by atoms with van der Waals surface area (Å²) in [4.78, 5) is 12.5. The Bertz CT molecular complexity index is 1070. The Hall–Kier alpha value is -2.64. The maximum atomic E-state index is 12.5. The van der Waals surface area contributed by atoms with Gasteiger partial charge in [0.25, 0.3) is 0 Å². The highest BCUT2D eigenvalue weighted by Crippen LogP contribution is 2.48. The number of aryl methyl sites for hydroxylation is 1. The van der Waals surface area contributed by atoms with Gasteiger partial charge in [0.2, 0.25) is 5.91 Å². The summed E-state index contributed by atoms with van der Waals surface area (Å²) in [7, 11) is 3.24. The van der Waals surface area contributed by atoms with Gasteiger partial charge in [0.15, 0.2) is 11.5 Å². The standard InChI is InChI=1S/C21H20ClN3O3S/c1-12-18-20(15-5-4-6-16(27-2)19(15)28-3)29-11-17(26)23-21(18)25(24-12)14-9-7-13(22)8-10-14/h4-10,20H,11H2,1-3H3,(H,23,26). The molecule has 8 heteroatoms. The van der Waals surface area contributed by atoms with Crippen LogP contribution in [0.4, 0.5) is 5.82 Å². The number of nitrogens with zero attached hydrogens (tertiary/aromatic N) is 2. The molecule has 2 heterocycles. The molecule has 0 aliphatic carbocycles. The topological polar surface area (TPSA) is 65.4 Å². The van der Waals surface area contributed by atoms with Crippen molar-refractivity contribution in [1.82, 2.24) is 9.78 Å². The average molecular weight is 430 g/mol. The number of halogens is 1. The fourth-order valence-corrected chi connectivity index (χ4v) is 4.85. The third kappa shape index (κ3) is 3.56. The van der Waals surface area contributed by atoms with Crippen LogP contribution in [0.3, 0.4) is 0 Å². The lowest BCUT2D eigenvalue weighted by atomic mass is 10.0. The van der Waals surface area contributed by atoms with Crippen molar-refractivity contribution < 1.29 is 14.3 Å². The van der Waals surface area contributed by atoms with Gasteiger partial charge in [-0.2, -0.15) is 5.10 Å². The summed E-state index contributed by atoms with van der Waals surface area (Å²) in [6.07, 6.45) is 0. The van der Waals surface area contributed by atoms with E-state index in [0.717, 1.165) is 22.5 Å². The van der Waals surface area contributed by atoms with Gasteiger partial charge in [-0.15, -0.1) is 11.8 Å². The van der Waals surface area contributed by atoms with Crippen molar-refractivity contribution in [3.8, 4) is 17.2 Å². The zero-order valence-electron chi connectivity index (χ0n) is 16.2. The Balaban J connectivity index is 1.91. The van der Waals surface area contributed by atoms with E-state index >= 15 is 0 Å². The molecule has 150 valence electrons. The molecule has 1 aliphatic rings. The molecule has 0 radical (unpaired) electrons. The normalized spacial score (nSPS) is 16.0. The van der Waals surface area contributed by atoms with E-state index in [1.807, 2.05) is 37.3 Å². The van der Waals surface area contributed by atoms with E-state index in [4.69, 9.17) is 26.2 Å². The summed E-state index contributed by atoms with van der Waals surface area (Å²) in [5.74, 6) is 2.22. The Morgan fingerprint density at radius 2 is 1.93 bits per heavy atom. The number of hydrogen-bond acceptors (Lipinski definition) is 5. The molecule has 1 atom stereocenters. The second kappa shape index (κ2) is 8.00. The highest BCUT2D eigenvalue weighted by molar-refractivity contribution is 8.00. The lowest BCUT2D eigenvalue weighted by molar-refractivity contribution is -0.113. The number of ether oxygens (including phenoxy) is 2. The van der Waals surface area contributed by atoms with Crippen LogP contribution in [-0.2, 0) is 4.79 Å². The number of thioether (sulfide) groups is 1. The van der Waals surface area contributed by atoms with Gasteiger partial charge in [-0.1, -0.05) is 23.7 Å². The van der Waals surface area contributed by atoms with E-state index in [1.165, 1.54) is 11.8 Å². The van der Waals surface area contributed by atoms with Crippen LogP contribution < -0.4 is 14.8 Å². The average Bonchev–Trinajstić information content (AvgIpc) is 2.93. The van der Waals surface area contributed by atoms with Crippen LogP contribution in [0.25, 0.3) is 5.69 Å². The van der Waals surface area contributed by atoms with Crippen molar-refractivity contribution in [2.24, 2.45) is 0 Å². The third-order valence-electron chi connectivity index (χ3n) is 4.79. The fraction of sp³-hybridized carbons (Fsp3) is 0.238. The predicted molar refractivity (Wildman–Crippen MR) is 116 cm³/mol. The van der Waals surface area contributed by atoms with Crippen LogP contribution in [0, 0.1) is 6.92 Å². The predicted octanol–water partition coefficient (Wildman–Crippen LogP) is 4.63. The van der Waals surface area contributed by atoms with Crippen LogP contribution in [-0.4, -0.2) is 35.7 Å². The monoisotopic (exact) mass is 429 g/mol. The van der Waals surface area contributed by atoms with Crippen molar-refractivity contribution in [1.29, 1.82) is 0 Å². The SMILES string of the molecule is COc1cccc(C2SCC(=O)Nc3c2c(C)nn3-c2ccc(Cl)cc2)c1OC. The summed E-state index contributed by atoms with van der Waals surface area (Å²) >= 11 is 7.57. The van der Waals surface area contributed by atoms with Gasteiger partial charge in [-0.3, -0.25) is 4.79 Å². The van der Waals surface area contributed by atoms with Crippen molar-refractivity contribution in [3.63, 3.8) is 0 Å². The number of aromatic nitrogens is 2. The van der Waals surface area contributed by atoms with E-state index in [1.54, 1.807) is 31.0 Å². The van der Waals surface area contributed by atoms with E-state index in [-0.39, 0.29) is 11.2 Å². The molecular weight excluding hydrogens is 410 g/mol. The smallest absolute Gasteiger partial charge is 0.235 e. The van der Waals surface area contributed by atoms with Crippen LogP contribution in [0.5, 0.6) is 11.5 Å². The summed E-state index contributed by atoms with van der Waals surface area (Å²) in [6.45, 7) is 1.95. The molecule has 0 saturated heterocycles. The number of carbonyl (C=O) groups excluding carboxylic acids is 1. The van der Waals surface area contributed by atoms with E-state index in [0.29, 0.717) is 28.1 Å². The highest BCUT2D eigenvalue weighted by Gasteiger charge is 2.32.